The summed E-state index contributed by atoms with van der Waals surface area (Å²) >= 11 is 1.65. The number of hydrogen-bond donors (Lipinski definition) is 2. The zero-order chi connectivity index (χ0) is 14.7. The van der Waals surface area contributed by atoms with E-state index in [4.69, 9.17) is 4.74 Å². The van der Waals surface area contributed by atoms with Crippen molar-refractivity contribution in [3.8, 4) is 5.75 Å². The number of fused-ring (bicyclic) bond motifs is 1. The van der Waals surface area contributed by atoms with Crippen LogP contribution < -0.4 is 5.32 Å². The highest BCUT2D eigenvalue weighted by Crippen LogP contribution is 2.23. The van der Waals surface area contributed by atoms with Gasteiger partial charge in [0.2, 0.25) is 0 Å². The molecule has 1 aromatic carbocycles. The van der Waals surface area contributed by atoms with Gasteiger partial charge in [-0.2, -0.15) is 0 Å². The van der Waals surface area contributed by atoms with Crippen molar-refractivity contribution in [2.45, 2.75) is 19.4 Å². The zero-order valence-corrected chi connectivity index (χ0v) is 12.3. The van der Waals surface area contributed by atoms with Crippen molar-refractivity contribution >= 4 is 17.2 Å². The molecule has 2 aromatic rings. The molecular formula is C15H16N2O3S. The van der Waals surface area contributed by atoms with E-state index >= 15 is 0 Å². The minimum Gasteiger partial charge on any atom is -0.507 e. The van der Waals surface area contributed by atoms with Crippen LogP contribution in [-0.4, -0.2) is 29.1 Å². The van der Waals surface area contributed by atoms with Gasteiger partial charge in [-0.15, -0.1) is 11.3 Å². The average Bonchev–Trinajstić information content (AvgIpc) is 2.90. The second kappa shape index (κ2) is 6.24. The number of ether oxygens (including phenoxy) is 1. The quantitative estimate of drug-likeness (QED) is 0.905. The van der Waals surface area contributed by atoms with Crippen LogP contribution in [0.15, 0.2) is 24.3 Å². The van der Waals surface area contributed by atoms with Gasteiger partial charge in [0.15, 0.2) is 0 Å². The molecule has 0 saturated heterocycles. The van der Waals surface area contributed by atoms with Crippen LogP contribution in [0.3, 0.4) is 0 Å². The highest BCUT2D eigenvalue weighted by molar-refractivity contribution is 7.11. The lowest BCUT2D eigenvalue weighted by molar-refractivity contribution is 0.0951. The standard InChI is InChI=1S/C15H16N2O3S/c18-12-4-2-1-3-10(12)15(19)16-7-5-14-17-11-6-8-20-9-13(11)21-14/h1-4,18H,5-9H2,(H,16,19). The summed E-state index contributed by atoms with van der Waals surface area (Å²) in [5.41, 5.74) is 1.43. The van der Waals surface area contributed by atoms with Gasteiger partial charge in [0.1, 0.15) is 5.75 Å². The molecule has 0 atom stereocenters. The Bertz CT molecular complexity index is 631. The fraction of sp³-hybridized carbons (Fsp3) is 0.333. The molecule has 1 aliphatic rings. The summed E-state index contributed by atoms with van der Waals surface area (Å²) in [6.07, 6.45) is 1.56. The predicted octanol–water partition coefficient (Wildman–Crippen LogP) is 1.89. The van der Waals surface area contributed by atoms with Crippen LogP contribution in [0.4, 0.5) is 0 Å². The molecule has 1 aliphatic heterocycles. The lowest BCUT2D eigenvalue weighted by atomic mass is 10.2. The number of para-hydroxylation sites is 1. The number of nitrogens with zero attached hydrogens (tertiary/aromatic N) is 1. The number of hydrogen-bond acceptors (Lipinski definition) is 5. The van der Waals surface area contributed by atoms with Gasteiger partial charge in [0, 0.05) is 19.4 Å². The van der Waals surface area contributed by atoms with E-state index in [2.05, 4.69) is 10.3 Å². The number of amides is 1. The number of phenolic OH excluding ortho intramolecular Hbond substituents is 1. The number of aromatic hydroxyl groups is 1. The molecule has 3 rings (SSSR count). The molecule has 0 fully saturated rings. The molecule has 1 amide bonds. The van der Waals surface area contributed by atoms with Crippen molar-refractivity contribution in [2.24, 2.45) is 0 Å². The maximum Gasteiger partial charge on any atom is 0.255 e. The first-order valence-electron chi connectivity index (χ1n) is 6.85. The Morgan fingerprint density at radius 1 is 1.43 bits per heavy atom. The van der Waals surface area contributed by atoms with E-state index < -0.39 is 0 Å². The molecule has 110 valence electrons. The van der Waals surface area contributed by atoms with Crippen molar-refractivity contribution in [2.75, 3.05) is 13.2 Å². The largest absolute Gasteiger partial charge is 0.507 e. The van der Waals surface area contributed by atoms with E-state index in [9.17, 15) is 9.90 Å². The fourth-order valence-electron chi connectivity index (χ4n) is 2.23. The Balaban J connectivity index is 1.55. The van der Waals surface area contributed by atoms with E-state index in [0.717, 1.165) is 23.7 Å². The maximum absolute atomic E-state index is 11.9. The topological polar surface area (TPSA) is 71.5 Å². The molecule has 0 spiro atoms. The minimum absolute atomic E-state index is 0.00291. The molecule has 21 heavy (non-hydrogen) atoms. The smallest absolute Gasteiger partial charge is 0.255 e. The molecule has 2 heterocycles. The number of thiazole rings is 1. The Morgan fingerprint density at radius 2 is 2.29 bits per heavy atom. The summed E-state index contributed by atoms with van der Waals surface area (Å²) in [6, 6.07) is 6.52. The molecule has 0 radical (unpaired) electrons. The van der Waals surface area contributed by atoms with Crippen molar-refractivity contribution in [3.05, 3.63) is 45.4 Å². The monoisotopic (exact) mass is 304 g/mol. The first kappa shape index (κ1) is 14.0. The molecule has 6 heteroatoms. The number of aromatic nitrogens is 1. The lowest BCUT2D eigenvalue weighted by Crippen LogP contribution is -2.25. The highest BCUT2D eigenvalue weighted by atomic mass is 32.1. The molecular weight excluding hydrogens is 288 g/mol. The first-order valence-corrected chi connectivity index (χ1v) is 7.67. The van der Waals surface area contributed by atoms with Crippen LogP contribution in [0.1, 0.15) is 25.9 Å². The average molecular weight is 304 g/mol. The summed E-state index contributed by atoms with van der Waals surface area (Å²) < 4.78 is 5.40. The molecule has 5 nitrogen and oxygen atoms in total. The lowest BCUT2D eigenvalue weighted by Gasteiger charge is -2.08. The second-order valence-electron chi connectivity index (χ2n) is 4.80. The van der Waals surface area contributed by atoms with E-state index in [1.165, 1.54) is 10.9 Å². The summed E-state index contributed by atoms with van der Waals surface area (Å²) in [5, 5.41) is 13.4. The normalized spacial score (nSPS) is 13.7. The Morgan fingerprint density at radius 3 is 3.10 bits per heavy atom. The van der Waals surface area contributed by atoms with Crippen LogP contribution in [0.25, 0.3) is 0 Å². The van der Waals surface area contributed by atoms with Gasteiger partial charge in [0.25, 0.3) is 5.91 Å². The van der Waals surface area contributed by atoms with Gasteiger partial charge in [0.05, 0.1) is 34.4 Å². The number of carbonyl (C=O) groups excluding carboxylic acids is 1. The van der Waals surface area contributed by atoms with E-state index in [0.29, 0.717) is 25.1 Å². The van der Waals surface area contributed by atoms with Crippen molar-refractivity contribution < 1.29 is 14.6 Å². The van der Waals surface area contributed by atoms with Crippen LogP contribution in [0, 0.1) is 0 Å². The third-order valence-corrected chi connectivity index (χ3v) is 4.44. The molecule has 1 aromatic heterocycles. The zero-order valence-electron chi connectivity index (χ0n) is 11.5. The van der Waals surface area contributed by atoms with Crippen molar-refractivity contribution in [1.82, 2.24) is 10.3 Å². The SMILES string of the molecule is O=C(NCCc1nc2c(s1)COCC2)c1ccccc1O. The predicted molar refractivity (Wildman–Crippen MR) is 79.6 cm³/mol. The van der Waals surface area contributed by atoms with Gasteiger partial charge >= 0.3 is 0 Å². The van der Waals surface area contributed by atoms with Crippen molar-refractivity contribution in [3.63, 3.8) is 0 Å². The fourth-order valence-corrected chi connectivity index (χ4v) is 3.28. The van der Waals surface area contributed by atoms with Gasteiger partial charge in [-0.05, 0) is 12.1 Å². The Hall–Kier alpha value is -1.92. The highest BCUT2D eigenvalue weighted by Gasteiger charge is 2.15. The van der Waals surface area contributed by atoms with Crippen LogP contribution in [0.5, 0.6) is 5.75 Å². The summed E-state index contributed by atoms with van der Waals surface area (Å²) in [4.78, 5) is 17.7. The number of carbonyl (C=O) groups is 1. The summed E-state index contributed by atoms with van der Waals surface area (Å²) in [7, 11) is 0. The van der Waals surface area contributed by atoms with Gasteiger partial charge in [-0.1, -0.05) is 12.1 Å². The minimum atomic E-state index is -0.266. The van der Waals surface area contributed by atoms with Crippen LogP contribution >= 0.6 is 11.3 Å². The number of nitrogens with one attached hydrogen (secondary N) is 1. The maximum atomic E-state index is 11.9. The van der Waals surface area contributed by atoms with E-state index in [-0.39, 0.29) is 11.7 Å². The van der Waals surface area contributed by atoms with Crippen LogP contribution in [0.2, 0.25) is 0 Å². The number of rotatable bonds is 4. The van der Waals surface area contributed by atoms with Crippen molar-refractivity contribution in [1.29, 1.82) is 0 Å². The Labute approximate surface area is 126 Å². The molecule has 0 aliphatic carbocycles. The van der Waals surface area contributed by atoms with E-state index in [1.807, 2.05) is 0 Å². The van der Waals surface area contributed by atoms with E-state index in [1.54, 1.807) is 29.5 Å². The van der Waals surface area contributed by atoms with Gasteiger partial charge in [-0.3, -0.25) is 4.79 Å². The van der Waals surface area contributed by atoms with Crippen LogP contribution in [-0.2, 0) is 24.2 Å². The van der Waals surface area contributed by atoms with Gasteiger partial charge in [-0.25, -0.2) is 4.98 Å². The summed E-state index contributed by atoms with van der Waals surface area (Å²) in [6.45, 7) is 1.89. The van der Waals surface area contributed by atoms with Gasteiger partial charge < -0.3 is 15.2 Å². The third-order valence-electron chi connectivity index (χ3n) is 3.31. The third kappa shape index (κ3) is 3.22. The molecule has 0 bridgehead atoms. The number of benzene rings is 1. The molecule has 0 saturated carbocycles. The second-order valence-corrected chi connectivity index (χ2v) is 5.97. The molecule has 2 N–H and O–H groups in total. The number of phenols is 1. The first-order chi connectivity index (χ1) is 10.2. The Kier molecular flexibility index (Phi) is 4.17. The molecule has 0 unspecified atom stereocenters. The summed E-state index contributed by atoms with van der Waals surface area (Å²) in [5.74, 6) is -0.269.